The van der Waals surface area contributed by atoms with Gasteiger partial charge in [-0.15, -0.1) is 0 Å². The molecular weight excluding hydrogens is 456 g/mol. The largest absolute Gasteiger partial charge is 0.394 e. The molecule has 6 heteroatoms. The monoisotopic (exact) mass is 502 g/mol. The summed E-state index contributed by atoms with van der Waals surface area (Å²) in [7, 11) is 0. The summed E-state index contributed by atoms with van der Waals surface area (Å²) in [5.74, 6) is -0.440. The molecule has 0 aromatic heterocycles. The first-order valence-corrected chi connectivity index (χ1v) is 12.9. The van der Waals surface area contributed by atoms with Gasteiger partial charge in [0.15, 0.2) is 0 Å². The third-order valence-electron chi connectivity index (χ3n) is 8.47. The van der Waals surface area contributed by atoms with Gasteiger partial charge in [0.05, 0.1) is 12.7 Å². The minimum Gasteiger partial charge on any atom is -0.394 e. The molecule has 0 aliphatic heterocycles. The van der Waals surface area contributed by atoms with Gasteiger partial charge in [-0.1, -0.05) is 31.2 Å². The van der Waals surface area contributed by atoms with Gasteiger partial charge in [0, 0.05) is 0 Å². The van der Waals surface area contributed by atoms with Crippen molar-refractivity contribution in [2.24, 2.45) is 11.8 Å². The molecule has 0 aliphatic carbocycles. The molecule has 2 rings (SSSR count). The summed E-state index contributed by atoms with van der Waals surface area (Å²) in [6, 6.07) is 8.37. The number of hydrogen-bond donors (Lipinski definition) is 6. The molecule has 6 N–H and O–H groups in total. The van der Waals surface area contributed by atoms with Crippen LogP contribution in [0, 0.1) is 53.4 Å². The molecule has 0 saturated heterocycles. The van der Waals surface area contributed by atoms with Crippen molar-refractivity contribution in [3.63, 3.8) is 0 Å². The predicted octanol–water partition coefficient (Wildman–Crippen LogP) is 2.76. The van der Waals surface area contributed by atoms with E-state index in [0.29, 0.717) is 6.42 Å². The molecule has 0 heterocycles. The molecule has 3 unspecified atom stereocenters. The SMILES string of the molecule is Cc1ccc(CCC(C)C(Cc2ccc(C)c(C)c2C)C(O)[C@@H](O)[C@@H](O)[C@H](O)[C@@H](O)CO)c(C)c1C. The van der Waals surface area contributed by atoms with Crippen LogP contribution in [0.1, 0.15) is 57.9 Å². The Morgan fingerprint density at radius 1 is 0.611 bits per heavy atom. The first kappa shape index (κ1) is 30.4. The Bertz CT molecular complexity index is 1000. The summed E-state index contributed by atoms with van der Waals surface area (Å²) in [6.45, 7) is 13.8. The first-order valence-electron chi connectivity index (χ1n) is 12.9. The summed E-state index contributed by atoms with van der Waals surface area (Å²) < 4.78 is 0. The van der Waals surface area contributed by atoms with E-state index in [1.165, 1.54) is 33.4 Å². The zero-order chi connectivity index (χ0) is 27.3. The standard InChI is InChI=1S/C30H46O6/c1-16-8-11-23(21(6)19(16)4)12-10-18(3)25(14-24-13-9-17(2)20(5)22(24)7)27(33)29(35)30(36)28(34)26(32)15-31/h8-9,11,13,18,25-36H,10,12,14-15H2,1-7H3/t18?,25?,26-,27?,28+,29+,30-/m0/s1. The Kier molecular flexibility index (Phi) is 11.1. The van der Waals surface area contributed by atoms with E-state index in [1.807, 2.05) is 13.0 Å². The second-order valence-corrected chi connectivity index (χ2v) is 10.7. The van der Waals surface area contributed by atoms with E-state index in [9.17, 15) is 25.5 Å². The van der Waals surface area contributed by atoms with Crippen LogP contribution in [0.15, 0.2) is 24.3 Å². The van der Waals surface area contributed by atoms with Gasteiger partial charge in [0.2, 0.25) is 0 Å². The molecule has 7 atom stereocenters. The fourth-order valence-corrected chi connectivity index (χ4v) is 5.02. The van der Waals surface area contributed by atoms with Crippen molar-refractivity contribution in [2.75, 3.05) is 6.61 Å². The van der Waals surface area contributed by atoms with Crippen LogP contribution in [0.25, 0.3) is 0 Å². The van der Waals surface area contributed by atoms with Gasteiger partial charge in [-0.3, -0.25) is 0 Å². The van der Waals surface area contributed by atoms with Crippen molar-refractivity contribution in [3.05, 3.63) is 68.8 Å². The molecule has 36 heavy (non-hydrogen) atoms. The summed E-state index contributed by atoms with van der Waals surface area (Å²) in [5.41, 5.74) is 9.61. The lowest BCUT2D eigenvalue weighted by Crippen LogP contribution is -2.52. The van der Waals surface area contributed by atoms with Gasteiger partial charge in [-0.25, -0.2) is 0 Å². The zero-order valence-corrected chi connectivity index (χ0v) is 22.9. The van der Waals surface area contributed by atoms with E-state index in [0.717, 1.165) is 24.0 Å². The van der Waals surface area contributed by atoms with E-state index in [4.69, 9.17) is 5.11 Å². The van der Waals surface area contributed by atoms with Crippen LogP contribution >= 0.6 is 0 Å². The topological polar surface area (TPSA) is 121 Å². The van der Waals surface area contributed by atoms with Crippen molar-refractivity contribution in [1.82, 2.24) is 0 Å². The Morgan fingerprint density at radius 2 is 1.08 bits per heavy atom. The van der Waals surface area contributed by atoms with E-state index in [2.05, 4.69) is 59.7 Å². The highest BCUT2D eigenvalue weighted by Crippen LogP contribution is 2.31. The van der Waals surface area contributed by atoms with Crippen LogP contribution in [-0.2, 0) is 12.8 Å². The van der Waals surface area contributed by atoms with Crippen LogP contribution in [0.5, 0.6) is 0 Å². The predicted molar refractivity (Wildman–Crippen MR) is 143 cm³/mol. The number of aryl methyl sites for hydroxylation is 3. The fraction of sp³-hybridized carbons (Fsp3) is 0.600. The lowest BCUT2D eigenvalue weighted by Gasteiger charge is -2.36. The zero-order valence-electron chi connectivity index (χ0n) is 22.9. The Morgan fingerprint density at radius 3 is 1.61 bits per heavy atom. The van der Waals surface area contributed by atoms with Crippen LogP contribution in [0.4, 0.5) is 0 Å². The molecule has 2 aromatic rings. The Labute approximate surface area is 216 Å². The fourth-order valence-electron chi connectivity index (χ4n) is 5.02. The van der Waals surface area contributed by atoms with Gasteiger partial charge in [0.25, 0.3) is 0 Å². The molecule has 6 nitrogen and oxygen atoms in total. The summed E-state index contributed by atoms with van der Waals surface area (Å²) >= 11 is 0. The molecule has 0 radical (unpaired) electrons. The third kappa shape index (κ3) is 6.94. The van der Waals surface area contributed by atoms with Crippen molar-refractivity contribution in [1.29, 1.82) is 0 Å². The minimum absolute atomic E-state index is 0.0243. The van der Waals surface area contributed by atoms with Gasteiger partial charge < -0.3 is 30.6 Å². The Balaban J connectivity index is 2.33. The molecule has 0 bridgehead atoms. The first-order chi connectivity index (χ1) is 16.8. The van der Waals surface area contributed by atoms with Crippen LogP contribution < -0.4 is 0 Å². The van der Waals surface area contributed by atoms with E-state index < -0.39 is 43.0 Å². The highest BCUT2D eigenvalue weighted by Gasteiger charge is 2.39. The van der Waals surface area contributed by atoms with E-state index in [1.54, 1.807) is 0 Å². The maximum atomic E-state index is 11.3. The summed E-state index contributed by atoms with van der Waals surface area (Å²) in [5, 5.41) is 61.5. The second-order valence-electron chi connectivity index (χ2n) is 10.7. The van der Waals surface area contributed by atoms with Crippen molar-refractivity contribution >= 4 is 0 Å². The average Bonchev–Trinajstić information content (AvgIpc) is 2.87. The maximum absolute atomic E-state index is 11.3. The highest BCUT2D eigenvalue weighted by molar-refractivity contribution is 5.40. The Hall–Kier alpha value is -1.80. The molecule has 0 aliphatic rings. The number of aliphatic hydroxyl groups is 6. The van der Waals surface area contributed by atoms with E-state index in [-0.39, 0.29) is 5.92 Å². The molecule has 0 spiro atoms. The second kappa shape index (κ2) is 13.1. The van der Waals surface area contributed by atoms with Crippen molar-refractivity contribution in [2.45, 2.75) is 98.2 Å². The molecule has 2 aromatic carbocycles. The van der Waals surface area contributed by atoms with Gasteiger partial charge in [-0.05, 0) is 117 Å². The average molecular weight is 503 g/mol. The number of hydrogen-bond acceptors (Lipinski definition) is 6. The third-order valence-corrected chi connectivity index (χ3v) is 8.47. The lowest BCUT2D eigenvalue weighted by molar-refractivity contribution is -0.152. The minimum atomic E-state index is -1.81. The van der Waals surface area contributed by atoms with Crippen LogP contribution in [0.2, 0.25) is 0 Å². The molecule has 0 fully saturated rings. The number of aliphatic hydroxyl groups excluding tert-OH is 6. The van der Waals surface area contributed by atoms with Crippen LogP contribution in [-0.4, -0.2) is 67.8 Å². The molecular formula is C30H46O6. The molecule has 202 valence electrons. The summed E-state index contributed by atoms with van der Waals surface area (Å²) in [6.07, 6.45) is -6.18. The quantitative estimate of drug-likeness (QED) is 0.265. The lowest BCUT2D eigenvalue weighted by atomic mass is 9.76. The molecule has 0 saturated carbocycles. The van der Waals surface area contributed by atoms with Gasteiger partial charge in [0.1, 0.15) is 24.4 Å². The maximum Gasteiger partial charge on any atom is 0.111 e. The smallest absolute Gasteiger partial charge is 0.111 e. The normalized spacial score (nSPS) is 17.8. The molecule has 0 amide bonds. The van der Waals surface area contributed by atoms with Crippen molar-refractivity contribution in [3.8, 4) is 0 Å². The number of rotatable bonds is 12. The number of benzene rings is 2. The van der Waals surface area contributed by atoms with Crippen LogP contribution in [0.3, 0.4) is 0 Å². The summed E-state index contributed by atoms with van der Waals surface area (Å²) in [4.78, 5) is 0. The highest BCUT2D eigenvalue weighted by atomic mass is 16.4. The van der Waals surface area contributed by atoms with Crippen molar-refractivity contribution < 1.29 is 30.6 Å². The van der Waals surface area contributed by atoms with E-state index >= 15 is 0 Å². The van der Waals surface area contributed by atoms with Gasteiger partial charge in [-0.2, -0.15) is 0 Å². The van der Waals surface area contributed by atoms with Gasteiger partial charge >= 0.3 is 0 Å².